The van der Waals surface area contributed by atoms with Crippen molar-refractivity contribution in [1.82, 2.24) is 9.80 Å². The van der Waals surface area contributed by atoms with E-state index in [1.165, 1.54) is 6.07 Å². The third-order valence-electron chi connectivity index (χ3n) is 3.74. The van der Waals surface area contributed by atoms with E-state index in [-0.39, 0.29) is 23.5 Å². The zero-order valence-electron chi connectivity index (χ0n) is 11.3. The molecule has 0 aromatic heterocycles. The van der Waals surface area contributed by atoms with Crippen LogP contribution >= 0.6 is 0 Å². The Morgan fingerprint density at radius 3 is 2.47 bits per heavy atom. The lowest BCUT2D eigenvalue weighted by atomic mass is 10.1. The van der Waals surface area contributed by atoms with Crippen LogP contribution in [0.15, 0.2) is 18.2 Å². The molecule has 1 atom stereocenters. The number of phenolic OH excluding ortho intramolecular Hbond substituents is 1. The summed E-state index contributed by atoms with van der Waals surface area (Å²) < 4.78 is 13.8. The highest BCUT2D eigenvalue weighted by Crippen LogP contribution is 2.26. The second kappa shape index (κ2) is 5.57. The fourth-order valence-corrected chi connectivity index (χ4v) is 2.48. The number of amides is 1. The van der Waals surface area contributed by atoms with Crippen molar-refractivity contribution in [2.24, 2.45) is 0 Å². The summed E-state index contributed by atoms with van der Waals surface area (Å²) in [6.07, 6.45) is 0. The Labute approximate surface area is 112 Å². The third-order valence-corrected chi connectivity index (χ3v) is 3.74. The number of hydrogen-bond donors (Lipinski definition) is 1. The Bertz CT molecular complexity index is 471. The van der Waals surface area contributed by atoms with Crippen molar-refractivity contribution in [1.29, 1.82) is 0 Å². The van der Waals surface area contributed by atoms with E-state index < -0.39 is 0 Å². The minimum absolute atomic E-state index is 0.0603. The Morgan fingerprint density at radius 1 is 1.32 bits per heavy atom. The van der Waals surface area contributed by atoms with E-state index in [9.17, 15) is 14.3 Å². The van der Waals surface area contributed by atoms with Crippen LogP contribution in [0.5, 0.6) is 5.75 Å². The highest BCUT2D eigenvalue weighted by molar-refractivity contribution is 5.73. The van der Waals surface area contributed by atoms with Crippen molar-refractivity contribution in [2.45, 2.75) is 19.9 Å². The first-order valence-electron chi connectivity index (χ1n) is 6.47. The van der Waals surface area contributed by atoms with E-state index >= 15 is 0 Å². The van der Waals surface area contributed by atoms with E-state index in [0.29, 0.717) is 18.7 Å². The maximum atomic E-state index is 13.8. The molecule has 5 heteroatoms. The van der Waals surface area contributed by atoms with Crippen molar-refractivity contribution >= 4 is 5.91 Å². The number of hydrogen-bond acceptors (Lipinski definition) is 3. The minimum Gasteiger partial charge on any atom is -0.508 e. The Balaban J connectivity index is 2.05. The lowest BCUT2D eigenvalue weighted by Crippen LogP contribution is -2.48. The van der Waals surface area contributed by atoms with Crippen molar-refractivity contribution in [3.05, 3.63) is 29.6 Å². The molecule has 0 spiro atoms. The molecule has 104 valence electrons. The van der Waals surface area contributed by atoms with Crippen LogP contribution < -0.4 is 0 Å². The summed E-state index contributed by atoms with van der Waals surface area (Å²) in [5, 5.41) is 9.23. The zero-order chi connectivity index (χ0) is 14.0. The summed E-state index contributed by atoms with van der Waals surface area (Å²) >= 11 is 0. The lowest BCUT2D eigenvalue weighted by molar-refractivity contribution is -0.130. The second-order valence-electron chi connectivity index (χ2n) is 4.92. The quantitative estimate of drug-likeness (QED) is 0.887. The van der Waals surface area contributed by atoms with Gasteiger partial charge < -0.3 is 10.0 Å². The van der Waals surface area contributed by atoms with Gasteiger partial charge in [0, 0.05) is 50.8 Å². The molecule has 1 heterocycles. The van der Waals surface area contributed by atoms with Crippen LogP contribution in [0.1, 0.15) is 25.5 Å². The van der Waals surface area contributed by atoms with Crippen LogP contribution in [0.4, 0.5) is 4.39 Å². The van der Waals surface area contributed by atoms with Gasteiger partial charge in [-0.3, -0.25) is 9.69 Å². The molecule has 0 aliphatic carbocycles. The number of piperazine rings is 1. The van der Waals surface area contributed by atoms with Crippen LogP contribution in [0, 0.1) is 5.82 Å². The molecule has 0 bridgehead atoms. The van der Waals surface area contributed by atoms with Gasteiger partial charge in [0.1, 0.15) is 11.6 Å². The molecule has 1 saturated heterocycles. The van der Waals surface area contributed by atoms with Gasteiger partial charge in [0.15, 0.2) is 0 Å². The average Bonchev–Trinajstić information content (AvgIpc) is 2.38. The molecule has 1 N–H and O–H groups in total. The first-order valence-corrected chi connectivity index (χ1v) is 6.47. The van der Waals surface area contributed by atoms with Gasteiger partial charge >= 0.3 is 0 Å². The van der Waals surface area contributed by atoms with Gasteiger partial charge in [0.25, 0.3) is 0 Å². The number of benzene rings is 1. The summed E-state index contributed by atoms with van der Waals surface area (Å²) in [4.78, 5) is 15.2. The number of phenols is 1. The average molecular weight is 266 g/mol. The maximum Gasteiger partial charge on any atom is 0.219 e. The highest BCUT2D eigenvalue weighted by Gasteiger charge is 2.24. The Hall–Kier alpha value is -1.62. The van der Waals surface area contributed by atoms with Crippen LogP contribution in [-0.4, -0.2) is 47.0 Å². The SMILES string of the molecule is CC(=O)N1CCN(C(C)c2ccc(O)cc2F)CC1. The minimum atomic E-state index is -0.388. The van der Waals surface area contributed by atoms with Gasteiger partial charge in [-0.1, -0.05) is 6.07 Å². The van der Waals surface area contributed by atoms with Gasteiger partial charge in [-0.05, 0) is 13.0 Å². The molecule has 0 saturated carbocycles. The molecule has 1 fully saturated rings. The standard InChI is InChI=1S/C14H19FN2O2/c1-10(13-4-3-12(19)9-14(13)15)16-5-7-17(8-6-16)11(2)18/h3-4,9-10,19H,5-8H2,1-2H3. The second-order valence-corrected chi connectivity index (χ2v) is 4.92. The number of rotatable bonds is 2. The fraction of sp³-hybridized carbons (Fsp3) is 0.500. The van der Waals surface area contributed by atoms with Crippen molar-refractivity contribution in [3.8, 4) is 5.75 Å². The van der Waals surface area contributed by atoms with E-state index in [0.717, 1.165) is 19.2 Å². The maximum absolute atomic E-state index is 13.8. The molecular weight excluding hydrogens is 247 g/mol. The number of carbonyl (C=O) groups excluding carboxylic acids is 1. The van der Waals surface area contributed by atoms with Crippen molar-refractivity contribution in [2.75, 3.05) is 26.2 Å². The molecule has 0 radical (unpaired) electrons. The molecule has 1 amide bonds. The number of nitrogens with zero attached hydrogens (tertiary/aromatic N) is 2. The van der Waals surface area contributed by atoms with Gasteiger partial charge in [-0.25, -0.2) is 4.39 Å². The van der Waals surface area contributed by atoms with Gasteiger partial charge in [0.05, 0.1) is 0 Å². The lowest BCUT2D eigenvalue weighted by Gasteiger charge is -2.37. The molecule has 1 aliphatic rings. The van der Waals surface area contributed by atoms with Crippen LogP contribution in [-0.2, 0) is 4.79 Å². The summed E-state index contributed by atoms with van der Waals surface area (Å²) in [6, 6.07) is 4.19. The normalized spacial score (nSPS) is 18.4. The van der Waals surface area contributed by atoms with Crippen molar-refractivity contribution in [3.63, 3.8) is 0 Å². The van der Waals surface area contributed by atoms with E-state index in [1.807, 2.05) is 6.92 Å². The van der Waals surface area contributed by atoms with Crippen LogP contribution in [0.25, 0.3) is 0 Å². The number of carbonyl (C=O) groups is 1. The topological polar surface area (TPSA) is 43.8 Å². The molecule has 1 unspecified atom stereocenters. The number of aromatic hydroxyl groups is 1. The number of halogens is 1. The van der Waals surface area contributed by atoms with Crippen molar-refractivity contribution < 1.29 is 14.3 Å². The zero-order valence-corrected chi connectivity index (χ0v) is 11.3. The van der Waals surface area contributed by atoms with Gasteiger partial charge in [0.2, 0.25) is 5.91 Å². The smallest absolute Gasteiger partial charge is 0.219 e. The first kappa shape index (κ1) is 13.8. The monoisotopic (exact) mass is 266 g/mol. The molecule has 4 nitrogen and oxygen atoms in total. The van der Waals surface area contributed by atoms with Crippen LogP contribution in [0.2, 0.25) is 0 Å². The summed E-state index contributed by atoms with van der Waals surface area (Å²) in [6.45, 7) is 6.35. The van der Waals surface area contributed by atoms with Crippen LogP contribution in [0.3, 0.4) is 0 Å². The third kappa shape index (κ3) is 3.04. The predicted octanol–water partition coefficient (Wildman–Crippen LogP) is 1.76. The summed E-state index contributed by atoms with van der Waals surface area (Å²) in [5.74, 6) is -0.362. The van der Waals surface area contributed by atoms with Gasteiger partial charge in [-0.15, -0.1) is 0 Å². The fourth-order valence-electron chi connectivity index (χ4n) is 2.48. The molecule has 19 heavy (non-hydrogen) atoms. The predicted molar refractivity (Wildman–Crippen MR) is 70.3 cm³/mol. The highest BCUT2D eigenvalue weighted by atomic mass is 19.1. The first-order chi connectivity index (χ1) is 8.99. The summed E-state index contributed by atoms with van der Waals surface area (Å²) in [5.41, 5.74) is 0.578. The molecule has 1 aromatic carbocycles. The molecule has 1 aliphatic heterocycles. The molecule has 1 aromatic rings. The van der Waals surface area contributed by atoms with Gasteiger partial charge in [-0.2, -0.15) is 0 Å². The largest absolute Gasteiger partial charge is 0.508 e. The Morgan fingerprint density at radius 2 is 1.95 bits per heavy atom. The van der Waals surface area contributed by atoms with E-state index in [1.54, 1.807) is 17.9 Å². The summed E-state index contributed by atoms with van der Waals surface area (Å²) in [7, 11) is 0. The molecular formula is C14H19FN2O2. The van der Waals surface area contributed by atoms with E-state index in [4.69, 9.17) is 0 Å². The molecule has 2 rings (SSSR count). The van der Waals surface area contributed by atoms with E-state index in [2.05, 4.69) is 4.90 Å². The Kier molecular flexibility index (Phi) is 4.04.